The molecule has 108 valence electrons. The van der Waals surface area contributed by atoms with E-state index in [2.05, 4.69) is 25.6 Å². The Morgan fingerprint density at radius 3 is 2.75 bits per heavy atom. The minimum atomic E-state index is -3.85. The largest absolute Gasteiger partial charge is 0.477 e. The van der Waals surface area contributed by atoms with Crippen LogP contribution in [-0.4, -0.2) is 29.0 Å². The Morgan fingerprint density at radius 2 is 2.30 bits per heavy atom. The Bertz CT molecular complexity index is 750. The highest BCUT2D eigenvalue weighted by Crippen LogP contribution is 2.26. The van der Waals surface area contributed by atoms with Gasteiger partial charge in [-0.05, 0) is 28.9 Å². The normalized spacial score (nSPS) is 11.5. The van der Waals surface area contributed by atoms with Gasteiger partial charge in [-0.3, -0.25) is 4.72 Å². The number of hydrogen-bond acceptors (Lipinski definition) is 5. The molecule has 0 amide bonds. The van der Waals surface area contributed by atoms with Crippen LogP contribution in [0.2, 0.25) is 0 Å². The number of hydrogen-bond donors (Lipinski definition) is 2. The van der Waals surface area contributed by atoms with Crippen LogP contribution in [0.1, 0.15) is 17.4 Å². The number of nitrogens with zero attached hydrogens (tertiary/aromatic N) is 2. The monoisotopic (exact) mass is 379 g/mol. The number of sulfonamides is 1. The quantitative estimate of drug-likeness (QED) is 0.828. The molecule has 2 heterocycles. The molecule has 0 radical (unpaired) electrons. The molecule has 2 rings (SSSR count). The zero-order valence-electron chi connectivity index (χ0n) is 10.2. The van der Waals surface area contributed by atoms with Gasteiger partial charge in [-0.1, -0.05) is 11.3 Å². The van der Waals surface area contributed by atoms with Crippen LogP contribution in [0.25, 0.3) is 0 Å². The molecule has 0 aromatic carbocycles. The van der Waals surface area contributed by atoms with E-state index in [1.807, 2.05) is 0 Å². The molecular weight excluding hydrogens is 370 g/mol. The van der Waals surface area contributed by atoms with Crippen molar-refractivity contribution < 1.29 is 18.3 Å². The molecule has 20 heavy (non-hydrogen) atoms. The van der Waals surface area contributed by atoms with Crippen LogP contribution in [0, 0.1) is 0 Å². The Morgan fingerprint density at radius 1 is 1.60 bits per heavy atom. The molecule has 0 saturated heterocycles. The third kappa shape index (κ3) is 3.02. The molecule has 0 unspecified atom stereocenters. The van der Waals surface area contributed by atoms with Gasteiger partial charge in [-0.2, -0.15) is 0 Å². The van der Waals surface area contributed by atoms with Crippen LogP contribution in [-0.2, 0) is 16.6 Å². The molecule has 2 N–H and O–H groups in total. The average molecular weight is 380 g/mol. The molecule has 0 atom stereocenters. The fraction of sp³-hybridized carbons (Fsp3) is 0.200. The number of aromatic carboxylic acids is 1. The van der Waals surface area contributed by atoms with E-state index < -0.39 is 16.0 Å². The number of aromatic nitrogens is 2. The molecule has 10 heteroatoms. The van der Waals surface area contributed by atoms with Crippen molar-refractivity contribution in [2.45, 2.75) is 18.4 Å². The van der Waals surface area contributed by atoms with Crippen LogP contribution in [0.4, 0.5) is 5.13 Å². The van der Waals surface area contributed by atoms with E-state index >= 15 is 0 Å². The van der Waals surface area contributed by atoms with E-state index in [1.54, 1.807) is 6.92 Å². The third-order valence-electron chi connectivity index (χ3n) is 2.44. The van der Waals surface area contributed by atoms with Gasteiger partial charge >= 0.3 is 5.97 Å². The molecular formula is C10H10BrN3O4S2. The van der Waals surface area contributed by atoms with Crippen molar-refractivity contribution in [3.63, 3.8) is 0 Å². The Balaban J connectivity index is 2.37. The number of carbonyl (C=O) groups is 1. The van der Waals surface area contributed by atoms with Crippen molar-refractivity contribution in [1.82, 2.24) is 9.55 Å². The lowest BCUT2D eigenvalue weighted by molar-refractivity contribution is 0.0685. The number of rotatable bonds is 5. The third-order valence-corrected chi connectivity index (χ3v) is 5.27. The second-order valence-corrected chi connectivity index (χ2v) is 7.82. The van der Waals surface area contributed by atoms with Crippen molar-refractivity contribution in [3.8, 4) is 0 Å². The van der Waals surface area contributed by atoms with Crippen LogP contribution >= 0.6 is 27.3 Å². The summed E-state index contributed by atoms with van der Waals surface area (Å²) in [5.41, 5.74) is -0.0757. The van der Waals surface area contributed by atoms with Crippen molar-refractivity contribution in [3.05, 3.63) is 27.9 Å². The van der Waals surface area contributed by atoms with Crippen molar-refractivity contribution in [2.24, 2.45) is 0 Å². The van der Waals surface area contributed by atoms with Gasteiger partial charge in [0.25, 0.3) is 10.0 Å². The number of nitrogens with one attached hydrogen (secondary N) is 1. The summed E-state index contributed by atoms with van der Waals surface area (Å²) in [6, 6.07) is 1.12. The molecule has 0 fully saturated rings. The maximum atomic E-state index is 12.1. The summed E-state index contributed by atoms with van der Waals surface area (Å²) in [5, 5.41) is 9.22. The molecule has 7 nitrogen and oxygen atoms in total. The van der Waals surface area contributed by atoms with Crippen LogP contribution in [0.5, 0.6) is 0 Å². The predicted molar refractivity (Wildman–Crippen MR) is 77.7 cm³/mol. The lowest BCUT2D eigenvalue weighted by Gasteiger charge is -2.02. The first-order valence-corrected chi connectivity index (χ1v) is 8.50. The molecule has 0 aliphatic carbocycles. The number of thiazole rings is 1. The SMILES string of the molecule is CCn1cc(S(=O)(=O)Nc2ncc(Br)s2)cc1C(=O)O. The Hall–Kier alpha value is -1.39. The van der Waals surface area contributed by atoms with E-state index in [9.17, 15) is 13.2 Å². The lowest BCUT2D eigenvalue weighted by atomic mass is 10.4. The Kier molecular flexibility index (Phi) is 4.16. The van der Waals surface area contributed by atoms with Gasteiger partial charge in [0, 0.05) is 12.7 Å². The predicted octanol–water partition coefficient (Wildman–Crippen LogP) is 2.23. The van der Waals surface area contributed by atoms with Gasteiger partial charge in [0.2, 0.25) is 0 Å². The summed E-state index contributed by atoms with van der Waals surface area (Å²) in [7, 11) is -3.85. The summed E-state index contributed by atoms with van der Waals surface area (Å²) in [6.45, 7) is 2.09. The maximum Gasteiger partial charge on any atom is 0.352 e. The van der Waals surface area contributed by atoms with E-state index in [0.717, 1.165) is 17.4 Å². The fourth-order valence-corrected chi connectivity index (χ4v) is 3.93. The first kappa shape index (κ1) is 15.0. The van der Waals surface area contributed by atoms with E-state index in [1.165, 1.54) is 17.0 Å². The van der Waals surface area contributed by atoms with E-state index in [0.29, 0.717) is 10.3 Å². The van der Waals surface area contributed by atoms with Crippen molar-refractivity contribution >= 4 is 48.4 Å². The summed E-state index contributed by atoms with van der Waals surface area (Å²) >= 11 is 4.31. The minimum Gasteiger partial charge on any atom is -0.477 e. The first-order valence-electron chi connectivity index (χ1n) is 5.41. The maximum absolute atomic E-state index is 12.1. The van der Waals surface area contributed by atoms with Gasteiger partial charge in [0.05, 0.1) is 9.98 Å². The van der Waals surface area contributed by atoms with Crippen LogP contribution in [0.3, 0.4) is 0 Å². The van der Waals surface area contributed by atoms with E-state index in [-0.39, 0.29) is 15.7 Å². The zero-order valence-corrected chi connectivity index (χ0v) is 13.4. The average Bonchev–Trinajstić information content (AvgIpc) is 2.95. The van der Waals surface area contributed by atoms with Crippen molar-refractivity contribution in [2.75, 3.05) is 4.72 Å². The molecule has 0 aliphatic rings. The topological polar surface area (TPSA) is 101 Å². The fourth-order valence-electron chi connectivity index (χ4n) is 1.55. The minimum absolute atomic E-state index is 0.0757. The molecule has 0 bridgehead atoms. The lowest BCUT2D eigenvalue weighted by Crippen LogP contribution is -2.12. The number of carboxylic acids is 1. The highest BCUT2D eigenvalue weighted by atomic mass is 79.9. The number of aryl methyl sites for hydroxylation is 1. The standard InChI is InChI=1S/C10H10BrN3O4S2/c1-2-14-5-6(3-7(14)9(15)16)20(17,18)13-10-12-4-8(11)19-10/h3-5H,2H2,1H3,(H,12,13)(H,15,16). The summed E-state index contributed by atoms with van der Waals surface area (Å²) in [6.07, 6.45) is 2.76. The number of anilines is 1. The van der Waals surface area contributed by atoms with Crippen LogP contribution < -0.4 is 4.72 Å². The summed E-state index contributed by atoms with van der Waals surface area (Å²) in [5.74, 6) is -1.18. The van der Waals surface area contributed by atoms with Gasteiger partial charge < -0.3 is 9.67 Å². The summed E-state index contributed by atoms with van der Waals surface area (Å²) in [4.78, 5) is 14.8. The Labute approximate surface area is 127 Å². The van der Waals surface area contributed by atoms with E-state index in [4.69, 9.17) is 5.11 Å². The first-order chi connectivity index (χ1) is 9.33. The summed E-state index contributed by atoms with van der Waals surface area (Å²) < 4.78 is 28.6. The van der Waals surface area contributed by atoms with Crippen molar-refractivity contribution in [1.29, 1.82) is 0 Å². The number of carboxylic acid groups (broad SMARTS) is 1. The second kappa shape index (κ2) is 5.54. The van der Waals surface area contributed by atoms with Gasteiger partial charge in [0.15, 0.2) is 5.13 Å². The highest BCUT2D eigenvalue weighted by Gasteiger charge is 2.22. The second-order valence-electron chi connectivity index (χ2n) is 3.73. The molecule has 0 saturated carbocycles. The molecule has 2 aromatic heterocycles. The van der Waals surface area contributed by atoms with Gasteiger partial charge in [-0.25, -0.2) is 18.2 Å². The highest BCUT2D eigenvalue weighted by molar-refractivity contribution is 9.11. The molecule has 0 aliphatic heterocycles. The smallest absolute Gasteiger partial charge is 0.352 e. The number of halogens is 1. The van der Waals surface area contributed by atoms with Gasteiger partial charge in [0.1, 0.15) is 10.6 Å². The van der Waals surface area contributed by atoms with Gasteiger partial charge in [-0.15, -0.1) is 0 Å². The molecule has 0 spiro atoms. The molecule has 2 aromatic rings. The zero-order chi connectivity index (χ0) is 14.9. The van der Waals surface area contributed by atoms with Crippen LogP contribution in [0.15, 0.2) is 27.1 Å².